The lowest BCUT2D eigenvalue weighted by molar-refractivity contribution is -0.123. The Balaban J connectivity index is 1.47. The first kappa shape index (κ1) is 13.4. The number of H-pyrrole nitrogens is 1. The summed E-state index contributed by atoms with van der Waals surface area (Å²) < 4.78 is 0. The van der Waals surface area contributed by atoms with Crippen molar-refractivity contribution in [2.24, 2.45) is 11.1 Å². The summed E-state index contributed by atoms with van der Waals surface area (Å²) in [5.41, 5.74) is 1.11. The molecule has 7 heteroatoms. The lowest BCUT2D eigenvalue weighted by atomic mass is 10.00. The maximum atomic E-state index is 12.5. The van der Waals surface area contributed by atoms with Crippen LogP contribution in [0, 0.1) is 5.92 Å². The average Bonchev–Trinajstić information content (AvgIpc) is 3.29. The molecule has 0 radical (unpaired) electrons. The van der Waals surface area contributed by atoms with Gasteiger partial charge < -0.3 is 19.6 Å². The van der Waals surface area contributed by atoms with Crippen molar-refractivity contribution in [1.82, 2.24) is 14.8 Å². The van der Waals surface area contributed by atoms with E-state index in [0.29, 0.717) is 24.4 Å². The fourth-order valence-electron chi connectivity index (χ4n) is 3.42. The van der Waals surface area contributed by atoms with Crippen molar-refractivity contribution >= 4 is 17.5 Å². The summed E-state index contributed by atoms with van der Waals surface area (Å²) in [5, 5.41) is 4.00. The Labute approximate surface area is 127 Å². The minimum Gasteiger partial charge on any atom is -0.389 e. The summed E-state index contributed by atoms with van der Waals surface area (Å²) in [4.78, 5) is 36.8. The number of carbonyl (C=O) groups excluding carboxylic acids is 2. The zero-order valence-electron chi connectivity index (χ0n) is 12.2. The molecule has 0 spiro atoms. The third kappa shape index (κ3) is 2.08. The number of amides is 2. The van der Waals surface area contributed by atoms with Crippen LogP contribution in [0.3, 0.4) is 0 Å². The van der Waals surface area contributed by atoms with Crippen molar-refractivity contribution in [1.29, 1.82) is 0 Å². The van der Waals surface area contributed by atoms with Gasteiger partial charge in [-0.1, -0.05) is 5.16 Å². The second-order valence-electron chi connectivity index (χ2n) is 6.04. The Kier molecular flexibility index (Phi) is 3.13. The predicted molar refractivity (Wildman–Crippen MR) is 78.3 cm³/mol. The smallest absolute Gasteiger partial charge is 0.272 e. The van der Waals surface area contributed by atoms with Gasteiger partial charge in [-0.25, -0.2) is 0 Å². The first-order chi connectivity index (χ1) is 10.7. The number of aromatic nitrogens is 1. The summed E-state index contributed by atoms with van der Waals surface area (Å²) in [5.74, 6) is -0.163. The molecule has 0 aliphatic carbocycles. The van der Waals surface area contributed by atoms with Gasteiger partial charge in [-0.15, -0.1) is 0 Å². The van der Waals surface area contributed by atoms with Crippen LogP contribution in [0.5, 0.6) is 0 Å². The Bertz CT molecular complexity index is 619. The Morgan fingerprint density at radius 3 is 2.73 bits per heavy atom. The van der Waals surface area contributed by atoms with Crippen LogP contribution in [-0.2, 0) is 9.63 Å². The van der Waals surface area contributed by atoms with Crippen molar-refractivity contribution in [3.05, 3.63) is 24.0 Å². The van der Waals surface area contributed by atoms with Gasteiger partial charge in [0.05, 0.1) is 18.0 Å². The van der Waals surface area contributed by atoms with Gasteiger partial charge >= 0.3 is 0 Å². The molecular formula is C15H18N4O3. The van der Waals surface area contributed by atoms with Crippen molar-refractivity contribution in [3.8, 4) is 0 Å². The van der Waals surface area contributed by atoms with Gasteiger partial charge in [0, 0.05) is 32.0 Å². The van der Waals surface area contributed by atoms with E-state index in [9.17, 15) is 9.59 Å². The first-order valence-corrected chi connectivity index (χ1v) is 7.69. The van der Waals surface area contributed by atoms with E-state index in [2.05, 4.69) is 10.1 Å². The number of nitrogens with zero attached hydrogens (tertiary/aromatic N) is 3. The Morgan fingerprint density at radius 2 is 2.00 bits per heavy atom. The second kappa shape index (κ2) is 5.15. The van der Waals surface area contributed by atoms with Gasteiger partial charge in [0.15, 0.2) is 11.8 Å². The molecule has 0 bridgehead atoms. The summed E-state index contributed by atoms with van der Waals surface area (Å²) in [6.45, 7) is 2.56. The van der Waals surface area contributed by atoms with Gasteiger partial charge in [0.2, 0.25) is 0 Å². The highest BCUT2D eigenvalue weighted by atomic mass is 16.6. The van der Waals surface area contributed by atoms with Crippen LogP contribution < -0.4 is 0 Å². The Hall–Kier alpha value is -2.31. The fourth-order valence-corrected chi connectivity index (χ4v) is 3.42. The number of fused-ring (bicyclic) bond motifs is 1. The zero-order chi connectivity index (χ0) is 15.1. The topological polar surface area (TPSA) is 78.0 Å². The van der Waals surface area contributed by atoms with E-state index in [1.54, 1.807) is 23.4 Å². The standard InChI is InChI=1S/C15H18N4O3/c20-14(10-3-4-16-7-10)19-8-11-12(9-19)22-17-13(11)15(21)18-5-1-2-6-18/h3-4,7,11-12,16H,1-2,5-6,8-9H2/t11-,12+/m0/s1. The molecule has 2 atom stereocenters. The molecular weight excluding hydrogens is 284 g/mol. The summed E-state index contributed by atoms with van der Waals surface area (Å²) >= 11 is 0. The van der Waals surface area contributed by atoms with Gasteiger partial charge in [-0.2, -0.15) is 0 Å². The van der Waals surface area contributed by atoms with E-state index in [-0.39, 0.29) is 23.8 Å². The highest BCUT2D eigenvalue weighted by Crippen LogP contribution is 2.29. The maximum Gasteiger partial charge on any atom is 0.272 e. The van der Waals surface area contributed by atoms with Crippen LogP contribution in [-0.4, -0.2) is 64.6 Å². The molecule has 22 heavy (non-hydrogen) atoms. The third-order valence-corrected chi connectivity index (χ3v) is 4.65. The minimum absolute atomic E-state index is 0.0269. The van der Waals surface area contributed by atoms with E-state index in [1.807, 2.05) is 4.90 Å². The van der Waals surface area contributed by atoms with Crippen LogP contribution in [0.1, 0.15) is 23.2 Å². The maximum absolute atomic E-state index is 12.5. The predicted octanol–water partition coefficient (Wildman–Crippen LogP) is 0.464. The molecule has 3 aliphatic heterocycles. The largest absolute Gasteiger partial charge is 0.389 e. The molecule has 2 saturated heterocycles. The Morgan fingerprint density at radius 1 is 1.18 bits per heavy atom. The molecule has 4 heterocycles. The molecule has 2 amide bonds. The summed E-state index contributed by atoms with van der Waals surface area (Å²) in [6.07, 6.45) is 5.31. The van der Waals surface area contributed by atoms with Crippen molar-refractivity contribution < 1.29 is 14.4 Å². The van der Waals surface area contributed by atoms with Crippen LogP contribution >= 0.6 is 0 Å². The second-order valence-corrected chi connectivity index (χ2v) is 6.04. The van der Waals surface area contributed by atoms with Crippen LogP contribution in [0.25, 0.3) is 0 Å². The van der Waals surface area contributed by atoms with Crippen molar-refractivity contribution in [3.63, 3.8) is 0 Å². The number of rotatable bonds is 2. The number of hydrogen-bond donors (Lipinski definition) is 1. The van der Waals surface area contributed by atoms with Gasteiger partial charge in [0.25, 0.3) is 11.8 Å². The van der Waals surface area contributed by atoms with E-state index in [4.69, 9.17) is 4.84 Å². The fraction of sp³-hybridized carbons (Fsp3) is 0.533. The first-order valence-electron chi connectivity index (χ1n) is 7.69. The number of aromatic amines is 1. The van der Waals surface area contributed by atoms with Crippen molar-refractivity contribution in [2.75, 3.05) is 26.2 Å². The van der Waals surface area contributed by atoms with Crippen molar-refractivity contribution in [2.45, 2.75) is 18.9 Å². The van der Waals surface area contributed by atoms with Gasteiger partial charge in [-0.3, -0.25) is 9.59 Å². The molecule has 1 aromatic heterocycles. The van der Waals surface area contributed by atoms with E-state index >= 15 is 0 Å². The molecule has 7 nitrogen and oxygen atoms in total. The van der Waals surface area contributed by atoms with Crippen LogP contribution in [0.4, 0.5) is 0 Å². The molecule has 4 rings (SSSR count). The molecule has 1 aromatic rings. The molecule has 0 aromatic carbocycles. The highest BCUT2D eigenvalue weighted by molar-refractivity contribution is 6.40. The molecule has 3 aliphatic rings. The number of carbonyl (C=O) groups is 2. The van der Waals surface area contributed by atoms with Crippen LogP contribution in [0.2, 0.25) is 0 Å². The number of likely N-dealkylation sites (tertiary alicyclic amines) is 2. The lowest BCUT2D eigenvalue weighted by Crippen LogP contribution is -2.39. The van der Waals surface area contributed by atoms with E-state index in [1.165, 1.54) is 0 Å². The third-order valence-electron chi connectivity index (χ3n) is 4.65. The number of oxime groups is 1. The zero-order valence-corrected chi connectivity index (χ0v) is 12.2. The molecule has 0 saturated carbocycles. The SMILES string of the molecule is O=C(C1=NO[C@@H]2CN(C(=O)c3cc[nH]c3)C[C@H]12)N1CCCC1. The summed E-state index contributed by atoms with van der Waals surface area (Å²) in [7, 11) is 0. The monoisotopic (exact) mass is 302 g/mol. The number of nitrogens with one attached hydrogen (secondary N) is 1. The van der Waals surface area contributed by atoms with E-state index < -0.39 is 0 Å². The van der Waals surface area contributed by atoms with Gasteiger partial charge in [0.1, 0.15) is 0 Å². The normalized spacial score (nSPS) is 26.8. The molecule has 1 N–H and O–H groups in total. The molecule has 0 unspecified atom stereocenters. The molecule has 2 fully saturated rings. The lowest BCUT2D eigenvalue weighted by Gasteiger charge is -2.18. The van der Waals surface area contributed by atoms with Crippen LogP contribution in [0.15, 0.2) is 23.6 Å². The average molecular weight is 302 g/mol. The molecule has 116 valence electrons. The quantitative estimate of drug-likeness (QED) is 0.862. The number of hydrogen-bond acceptors (Lipinski definition) is 4. The highest BCUT2D eigenvalue weighted by Gasteiger charge is 2.47. The van der Waals surface area contributed by atoms with Gasteiger partial charge in [-0.05, 0) is 18.9 Å². The summed E-state index contributed by atoms with van der Waals surface area (Å²) in [6, 6.07) is 1.75. The van der Waals surface area contributed by atoms with E-state index in [0.717, 1.165) is 25.9 Å². The minimum atomic E-state index is -0.190.